The highest BCUT2D eigenvalue weighted by Crippen LogP contribution is 2.42. The van der Waals surface area contributed by atoms with Crippen LogP contribution < -0.4 is 0 Å². The van der Waals surface area contributed by atoms with Gasteiger partial charge in [-0.25, -0.2) is 0 Å². The molecule has 3 unspecified atom stereocenters. The van der Waals surface area contributed by atoms with Crippen molar-refractivity contribution in [3.63, 3.8) is 0 Å². The Hall–Kier alpha value is -2.06. The summed E-state index contributed by atoms with van der Waals surface area (Å²) in [6, 6.07) is 15.6. The molecule has 4 rings (SSSR count). The Morgan fingerprint density at radius 1 is 0.968 bits per heavy atom. The van der Waals surface area contributed by atoms with Crippen molar-refractivity contribution in [2.24, 2.45) is 0 Å². The normalized spacial score (nSPS) is 31.6. The molecule has 31 heavy (non-hydrogen) atoms. The van der Waals surface area contributed by atoms with Crippen molar-refractivity contribution in [2.75, 3.05) is 6.61 Å². The highest BCUT2D eigenvalue weighted by Gasteiger charge is 2.51. The summed E-state index contributed by atoms with van der Waals surface area (Å²) in [5.74, 6) is 0. The minimum Gasteiger partial charge on any atom is -0.394 e. The van der Waals surface area contributed by atoms with Crippen LogP contribution in [-0.4, -0.2) is 47.3 Å². The van der Waals surface area contributed by atoms with E-state index in [2.05, 4.69) is 12.6 Å². The maximum atomic E-state index is 10.6. The number of aliphatic hydroxyl groups is 2. The molecule has 6 heteroatoms. The maximum absolute atomic E-state index is 10.6. The second kappa shape index (κ2) is 9.61. The van der Waals surface area contributed by atoms with Crippen LogP contribution in [-0.2, 0) is 18.9 Å². The van der Waals surface area contributed by atoms with Crippen LogP contribution in [0.4, 0.5) is 0 Å². The first-order chi connectivity index (χ1) is 15.0. The minimum absolute atomic E-state index is 0.342. The quantitative estimate of drug-likeness (QED) is 0.689. The van der Waals surface area contributed by atoms with E-state index < -0.39 is 43.6 Å². The van der Waals surface area contributed by atoms with E-state index in [1.165, 1.54) is 0 Å². The van der Waals surface area contributed by atoms with E-state index in [1.807, 2.05) is 56.3 Å². The molecular formula is C25H30O6. The Morgan fingerprint density at radius 3 is 2.39 bits per heavy atom. The maximum Gasteiger partial charge on any atom is 0.185 e. The van der Waals surface area contributed by atoms with Crippen LogP contribution in [0.3, 0.4) is 0 Å². The number of hydrogen-bond acceptors (Lipinski definition) is 6. The summed E-state index contributed by atoms with van der Waals surface area (Å²) in [7, 11) is 0. The van der Waals surface area contributed by atoms with Gasteiger partial charge in [0, 0.05) is 11.1 Å². The van der Waals surface area contributed by atoms with Crippen molar-refractivity contribution in [3.05, 3.63) is 83.4 Å². The molecule has 0 bridgehead atoms. The number of hydrogen-bond donors (Lipinski definition) is 2. The number of benzene rings is 2. The third kappa shape index (κ3) is 4.60. The number of aryl methyl sites for hydroxylation is 2. The zero-order valence-corrected chi connectivity index (χ0v) is 17.9. The summed E-state index contributed by atoms with van der Waals surface area (Å²) >= 11 is 0. The molecule has 2 aromatic rings. The SMILES string of the molecule is C=CCC1OC(c2ccc(C)cc2C)O[C@H]2[C@@H]([C@H](O)CO)OC(c3ccccc3)O[C@@H]12. The topological polar surface area (TPSA) is 77.4 Å². The molecule has 0 spiro atoms. The number of rotatable bonds is 6. The van der Waals surface area contributed by atoms with E-state index in [0.29, 0.717) is 6.42 Å². The smallest absolute Gasteiger partial charge is 0.185 e. The van der Waals surface area contributed by atoms with E-state index in [4.69, 9.17) is 18.9 Å². The van der Waals surface area contributed by atoms with Gasteiger partial charge in [0.25, 0.3) is 0 Å². The molecule has 0 aromatic heterocycles. The van der Waals surface area contributed by atoms with Gasteiger partial charge in [-0.15, -0.1) is 6.58 Å². The Labute approximate surface area is 183 Å². The van der Waals surface area contributed by atoms with Crippen LogP contribution in [0.1, 0.15) is 41.3 Å². The van der Waals surface area contributed by atoms with Crippen LogP contribution in [0.25, 0.3) is 0 Å². The lowest BCUT2D eigenvalue weighted by molar-refractivity contribution is -0.390. The fraction of sp³-hybridized carbons (Fsp3) is 0.440. The van der Waals surface area contributed by atoms with Crippen molar-refractivity contribution in [2.45, 2.75) is 63.4 Å². The molecule has 166 valence electrons. The summed E-state index contributed by atoms with van der Waals surface area (Å²) in [6.45, 7) is 7.48. The first-order valence-electron chi connectivity index (χ1n) is 10.7. The van der Waals surface area contributed by atoms with Crippen LogP contribution in [0, 0.1) is 13.8 Å². The standard InChI is InChI=1S/C25H30O6/c1-4-8-20-22-23(31-25(28-20)18-12-11-15(2)13-16(18)3)21(19(27)14-26)29-24(30-22)17-9-6-5-7-10-17/h4-7,9-13,19-27H,1,8,14H2,2-3H3/t19-,20?,21-,22+,23+,24?,25?/m1/s1. The summed E-state index contributed by atoms with van der Waals surface area (Å²) < 4.78 is 25.1. The Balaban J connectivity index is 1.67. The molecule has 0 radical (unpaired) electrons. The van der Waals surface area contributed by atoms with Gasteiger partial charge in [-0.3, -0.25) is 0 Å². The van der Waals surface area contributed by atoms with Crippen molar-refractivity contribution in [3.8, 4) is 0 Å². The zero-order valence-electron chi connectivity index (χ0n) is 17.9. The monoisotopic (exact) mass is 426 g/mol. The highest BCUT2D eigenvalue weighted by atomic mass is 16.8. The van der Waals surface area contributed by atoms with Gasteiger partial charge >= 0.3 is 0 Å². The fourth-order valence-electron chi connectivity index (χ4n) is 4.30. The van der Waals surface area contributed by atoms with E-state index in [9.17, 15) is 10.2 Å². The van der Waals surface area contributed by atoms with Crippen LogP contribution in [0.2, 0.25) is 0 Å². The molecule has 2 N–H and O–H groups in total. The molecule has 2 saturated heterocycles. The van der Waals surface area contributed by atoms with Crippen molar-refractivity contribution >= 4 is 0 Å². The van der Waals surface area contributed by atoms with E-state index in [0.717, 1.165) is 22.3 Å². The summed E-state index contributed by atoms with van der Waals surface area (Å²) in [4.78, 5) is 0. The van der Waals surface area contributed by atoms with Gasteiger partial charge in [0.05, 0.1) is 12.7 Å². The second-order valence-electron chi connectivity index (χ2n) is 8.19. The summed E-state index contributed by atoms with van der Waals surface area (Å²) in [5, 5.41) is 20.3. The first-order valence-corrected chi connectivity index (χ1v) is 10.7. The zero-order chi connectivity index (χ0) is 22.0. The number of aliphatic hydroxyl groups excluding tert-OH is 2. The first kappa shape index (κ1) is 22.1. The van der Waals surface area contributed by atoms with E-state index in [-0.39, 0.29) is 6.10 Å². The molecule has 0 amide bonds. The Kier molecular flexibility index (Phi) is 6.86. The molecule has 2 aromatic carbocycles. The molecule has 0 saturated carbocycles. The predicted octanol–water partition coefficient (Wildman–Crippen LogP) is 3.50. The van der Waals surface area contributed by atoms with Crippen molar-refractivity contribution < 1.29 is 29.2 Å². The fourth-order valence-corrected chi connectivity index (χ4v) is 4.30. The highest BCUT2D eigenvalue weighted by molar-refractivity contribution is 5.31. The lowest BCUT2D eigenvalue weighted by Gasteiger charge is -2.50. The molecule has 6 nitrogen and oxygen atoms in total. The largest absolute Gasteiger partial charge is 0.394 e. The molecule has 0 aliphatic carbocycles. The Morgan fingerprint density at radius 2 is 1.71 bits per heavy atom. The van der Waals surface area contributed by atoms with Crippen LogP contribution in [0.5, 0.6) is 0 Å². The lowest BCUT2D eigenvalue weighted by Crippen LogP contribution is -2.61. The van der Waals surface area contributed by atoms with Crippen LogP contribution in [0.15, 0.2) is 61.2 Å². The van der Waals surface area contributed by atoms with Gasteiger partial charge in [0.1, 0.15) is 24.4 Å². The van der Waals surface area contributed by atoms with Gasteiger partial charge in [0.2, 0.25) is 0 Å². The van der Waals surface area contributed by atoms with Gasteiger partial charge in [-0.2, -0.15) is 0 Å². The second-order valence-corrected chi connectivity index (χ2v) is 8.19. The third-order valence-corrected chi connectivity index (χ3v) is 5.87. The Bertz CT molecular complexity index is 885. The molecule has 2 aliphatic heterocycles. The summed E-state index contributed by atoms with van der Waals surface area (Å²) in [5.41, 5.74) is 3.95. The van der Waals surface area contributed by atoms with Gasteiger partial charge in [-0.05, 0) is 25.8 Å². The molecule has 2 fully saturated rings. The van der Waals surface area contributed by atoms with Crippen molar-refractivity contribution in [1.82, 2.24) is 0 Å². The average Bonchev–Trinajstić information content (AvgIpc) is 2.78. The average molecular weight is 427 g/mol. The third-order valence-electron chi connectivity index (χ3n) is 5.87. The van der Waals surface area contributed by atoms with Crippen molar-refractivity contribution in [1.29, 1.82) is 0 Å². The van der Waals surface area contributed by atoms with E-state index >= 15 is 0 Å². The molecule has 7 atom stereocenters. The van der Waals surface area contributed by atoms with Crippen LogP contribution >= 0.6 is 0 Å². The number of fused-ring (bicyclic) bond motifs is 1. The molecular weight excluding hydrogens is 396 g/mol. The van der Waals surface area contributed by atoms with E-state index in [1.54, 1.807) is 6.08 Å². The van der Waals surface area contributed by atoms with Gasteiger partial charge in [0.15, 0.2) is 12.6 Å². The minimum atomic E-state index is -1.12. The van der Waals surface area contributed by atoms with Gasteiger partial charge < -0.3 is 29.2 Å². The molecule has 2 aliphatic rings. The van der Waals surface area contributed by atoms with Gasteiger partial charge in [-0.1, -0.05) is 60.2 Å². The summed E-state index contributed by atoms with van der Waals surface area (Å²) in [6.07, 6.45) is -2.35. The predicted molar refractivity (Wildman–Crippen MR) is 115 cm³/mol. The molecule has 2 heterocycles. The lowest BCUT2D eigenvalue weighted by atomic mass is 9.93. The number of ether oxygens (including phenoxy) is 4.